The van der Waals surface area contributed by atoms with Gasteiger partial charge in [-0.15, -0.1) is 11.8 Å². The van der Waals surface area contributed by atoms with Gasteiger partial charge in [-0.25, -0.2) is 0 Å². The zero-order chi connectivity index (χ0) is 20.5. The third kappa shape index (κ3) is 6.46. The molecule has 3 amide bonds. The van der Waals surface area contributed by atoms with Gasteiger partial charge in [0.2, 0.25) is 17.7 Å². The second-order valence-electron chi connectivity index (χ2n) is 7.10. The molecule has 1 aliphatic rings. The van der Waals surface area contributed by atoms with Crippen molar-refractivity contribution in [3.05, 3.63) is 66.2 Å². The van der Waals surface area contributed by atoms with Crippen LogP contribution < -0.4 is 5.32 Å². The van der Waals surface area contributed by atoms with Gasteiger partial charge in [0.25, 0.3) is 0 Å². The number of para-hydroxylation sites is 1. The van der Waals surface area contributed by atoms with Crippen LogP contribution in [0.25, 0.3) is 0 Å². The normalized spacial score (nSPS) is 16.3. The largest absolute Gasteiger partial charge is 0.326 e. The minimum atomic E-state index is -0.278. The lowest BCUT2D eigenvalue weighted by molar-refractivity contribution is -0.138. The Morgan fingerprint density at radius 1 is 0.966 bits per heavy atom. The minimum absolute atomic E-state index is 0.0121. The maximum atomic E-state index is 12.5. The van der Waals surface area contributed by atoms with Crippen molar-refractivity contribution < 1.29 is 14.4 Å². The fraction of sp³-hybridized carbons (Fsp3) is 0.348. The van der Waals surface area contributed by atoms with E-state index in [1.165, 1.54) is 16.7 Å². The number of hydrogen-bond acceptors (Lipinski definition) is 4. The highest BCUT2D eigenvalue weighted by atomic mass is 32.2. The standard InChI is InChI=1S/C23H26N2O3S/c26-21(24-19-12-6-2-7-13-19)14-8-3-9-15-25-22(27)16-20(23(25)28)29-17-18-10-4-1-5-11-18/h1-2,4-7,10-13,20H,3,8-9,14-17H2,(H,24,26). The molecule has 1 saturated heterocycles. The van der Waals surface area contributed by atoms with Gasteiger partial charge >= 0.3 is 0 Å². The minimum Gasteiger partial charge on any atom is -0.326 e. The summed E-state index contributed by atoms with van der Waals surface area (Å²) < 4.78 is 0. The summed E-state index contributed by atoms with van der Waals surface area (Å²) in [6.07, 6.45) is 3.00. The van der Waals surface area contributed by atoms with Gasteiger partial charge in [0, 0.05) is 30.8 Å². The van der Waals surface area contributed by atoms with Crippen LogP contribution in [0.5, 0.6) is 0 Å². The van der Waals surface area contributed by atoms with E-state index in [0.29, 0.717) is 13.0 Å². The molecule has 6 heteroatoms. The van der Waals surface area contributed by atoms with E-state index in [4.69, 9.17) is 0 Å². The third-order valence-corrected chi connectivity index (χ3v) is 6.11. The molecular weight excluding hydrogens is 384 g/mol. The molecule has 29 heavy (non-hydrogen) atoms. The molecule has 0 radical (unpaired) electrons. The Balaban J connectivity index is 1.33. The molecule has 1 unspecified atom stereocenters. The van der Waals surface area contributed by atoms with E-state index in [1.807, 2.05) is 60.7 Å². The first-order valence-corrected chi connectivity index (χ1v) is 11.0. The summed E-state index contributed by atoms with van der Waals surface area (Å²) in [4.78, 5) is 38.1. The lowest BCUT2D eigenvalue weighted by atomic mass is 10.1. The maximum Gasteiger partial charge on any atom is 0.242 e. The molecule has 0 spiro atoms. The first-order valence-electron chi connectivity index (χ1n) is 9.98. The Labute approximate surface area is 175 Å². The SMILES string of the molecule is O=C(CCCCCN1C(=O)CC(SCc2ccccc2)C1=O)Nc1ccccc1. The quantitative estimate of drug-likeness (QED) is 0.470. The van der Waals surface area contributed by atoms with Gasteiger partial charge in [0.05, 0.1) is 5.25 Å². The van der Waals surface area contributed by atoms with E-state index in [-0.39, 0.29) is 29.4 Å². The Hall–Kier alpha value is -2.60. The average molecular weight is 411 g/mol. The first-order chi connectivity index (χ1) is 14.1. The zero-order valence-electron chi connectivity index (χ0n) is 16.4. The molecule has 0 aromatic heterocycles. The van der Waals surface area contributed by atoms with Crippen LogP contribution in [0.1, 0.15) is 37.7 Å². The van der Waals surface area contributed by atoms with Crippen molar-refractivity contribution in [1.29, 1.82) is 0 Å². The van der Waals surface area contributed by atoms with Crippen molar-refractivity contribution in [1.82, 2.24) is 4.90 Å². The highest BCUT2D eigenvalue weighted by Gasteiger charge is 2.38. The number of thioether (sulfide) groups is 1. The van der Waals surface area contributed by atoms with Crippen molar-refractivity contribution >= 4 is 35.2 Å². The van der Waals surface area contributed by atoms with Crippen molar-refractivity contribution in [2.75, 3.05) is 11.9 Å². The molecule has 2 aromatic rings. The van der Waals surface area contributed by atoms with Gasteiger partial charge in [-0.05, 0) is 30.5 Å². The summed E-state index contributed by atoms with van der Waals surface area (Å²) in [6.45, 7) is 0.445. The summed E-state index contributed by atoms with van der Waals surface area (Å²) in [5.41, 5.74) is 1.95. The molecule has 5 nitrogen and oxygen atoms in total. The first kappa shape index (κ1) is 21.1. The number of rotatable bonds is 10. The molecule has 1 atom stereocenters. The van der Waals surface area contributed by atoms with Gasteiger partial charge < -0.3 is 5.32 Å². The molecule has 1 fully saturated rings. The molecule has 152 valence electrons. The second-order valence-corrected chi connectivity index (χ2v) is 8.29. The highest BCUT2D eigenvalue weighted by Crippen LogP contribution is 2.28. The Kier molecular flexibility index (Phi) is 7.87. The Bertz CT molecular complexity index is 827. The maximum absolute atomic E-state index is 12.5. The van der Waals surface area contributed by atoms with Gasteiger partial charge in [-0.3, -0.25) is 19.3 Å². The number of nitrogens with one attached hydrogen (secondary N) is 1. The van der Waals surface area contributed by atoms with Crippen LogP contribution in [0.4, 0.5) is 5.69 Å². The summed E-state index contributed by atoms with van der Waals surface area (Å²) in [5, 5.41) is 2.58. The number of anilines is 1. The van der Waals surface area contributed by atoms with Gasteiger partial charge in [0.15, 0.2) is 0 Å². The molecule has 0 bridgehead atoms. The molecule has 0 aliphatic carbocycles. The molecular formula is C23H26N2O3S. The summed E-state index contributed by atoms with van der Waals surface area (Å²) in [5.74, 6) is 0.566. The molecule has 2 aromatic carbocycles. The van der Waals surface area contributed by atoms with E-state index in [0.717, 1.165) is 36.3 Å². The number of carbonyl (C=O) groups excluding carboxylic acids is 3. The molecule has 1 N–H and O–H groups in total. The van der Waals surface area contributed by atoms with Crippen LogP contribution in [-0.4, -0.2) is 34.4 Å². The number of amides is 3. The predicted molar refractivity (Wildman–Crippen MR) is 116 cm³/mol. The van der Waals surface area contributed by atoms with E-state index in [2.05, 4.69) is 5.32 Å². The average Bonchev–Trinajstić information content (AvgIpc) is 3.01. The van der Waals surface area contributed by atoms with Crippen LogP contribution >= 0.6 is 11.8 Å². The number of benzene rings is 2. The van der Waals surface area contributed by atoms with Gasteiger partial charge in [-0.1, -0.05) is 55.0 Å². The lowest BCUT2D eigenvalue weighted by Gasteiger charge is -2.14. The fourth-order valence-corrected chi connectivity index (χ4v) is 4.38. The van der Waals surface area contributed by atoms with E-state index >= 15 is 0 Å². The predicted octanol–water partition coefficient (Wildman–Crippen LogP) is 4.25. The Morgan fingerprint density at radius 2 is 1.66 bits per heavy atom. The number of hydrogen-bond donors (Lipinski definition) is 1. The van der Waals surface area contributed by atoms with Gasteiger partial charge in [0.1, 0.15) is 0 Å². The van der Waals surface area contributed by atoms with E-state index < -0.39 is 0 Å². The molecule has 1 aliphatic heterocycles. The van der Waals surface area contributed by atoms with Crippen molar-refractivity contribution in [2.24, 2.45) is 0 Å². The summed E-state index contributed by atoms with van der Waals surface area (Å²) >= 11 is 1.54. The van der Waals surface area contributed by atoms with Crippen LogP contribution in [-0.2, 0) is 20.1 Å². The van der Waals surface area contributed by atoms with Crippen LogP contribution in [0.15, 0.2) is 60.7 Å². The lowest BCUT2D eigenvalue weighted by Crippen LogP contribution is -2.32. The monoisotopic (exact) mass is 410 g/mol. The number of nitrogens with zero attached hydrogens (tertiary/aromatic N) is 1. The number of unbranched alkanes of at least 4 members (excludes halogenated alkanes) is 2. The van der Waals surface area contributed by atoms with E-state index in [9.17, 15) is 14.4 Å². The van der Waals surface area contributed by atoms with Crippen LogP contribution in [0.3, 0.4) is 0 Å². The van der Waals surface area contributed by atoms with E-state index in [1.54, 1.807) is 0 Å². The summed E-state index contributed by atoms with van der Waals surface area (Å²) in [7, 11) is 0. The van der Waals surface area contributed by atoms with Crippen molar-refractivity contribution in [3.8, 4) is 0 Å². The summed E-state index contributed by atoms with van der Waals surface area (Å²) in [6, 6.07) is 19.3. The van der Waals surface area contributed by atoms with Crippen LogP contribution in [0, 0.1) is 0 Å². The highest BCUT2D eigenvalue weighted by molar-refractivity contribution is 7.99. The number of imide groups is 1. The zero-order valence-corrected chi connectivity index (χ0v) is 17.2. The fourth-order valence-electron chi connectivity index (χ4n) is 3.27. The smallest absolute Gasteiger partial charge is 0.242 e. The number of likely N-dealkylation sites (tertiary alicyclic amines) is 1. The molecule has 3 rings (SSSR count). The molecule has 0 saturated carbocycles. The Morgan fingerprint density at radius 3 is 2.38 bits per heavy atom. The van der Waals surface area contributed by atoms with Crippen molar-refractivity contribution in [2.45, 2.75) is 43.1 Å². The van der Waals surface area contributed by atoms with Crippen LogP contribution in [0.2, 0.25) is 0 Å². The molecule has 1 heterocycles. The van der Waals surface area contributed by atoms with Gasteiger partial charge in [-0.2, -0.15) is 0 Å². The number of carbonyl (C=O) groups is 3. The second kappa shape index (κ2) is 10.8. The van der Waals surface area contributed by atoms with Crippen molar-refractivity contribution in [3.63, 3.8) is 0 Å². The third-order valence-electron chi connectivity index (χ3n) is 4.84. The topological polar surface area (TPSA) is 66.5 Å².